The second-order valence-electron chi connectivity index (χ2n) is 4.20. The molecule has 21 heavy (non-hydrogen) atoms. The van der Waals surface area contributed by atoms with Gasteiger partial charge in [-0.05, 0) is 37.3 Å². The van der Waals surface area contributed by atoms with E-state index in [0.29, 0.717) is 17.5 Å². The predicted octanol–water partition coefficient (Wildman–Crippen LogP) is 3.90. The number of hydrogen-bond acceptors (Lipinski definition) is 3. The van der Waals surface area contributed by atoms with Crippen molar-refractivity contribution >= 4 is 5.97 Å². The van der Waals surface area contributed by atoms with Crippen molar-refractivity contribution in [2.24, 2.45) is 0 Å². The number of hydrogen-bond donors (Lipinski definition) is 1. The van der Waals surface area contributed by atoms with Crippen LogP contribution < -0.4 is 4.74 Å². The van der Waals surface area contributed by atoms with E-state index < -0.39 is 23.3 Å². The van der Waals surface area contributed by atoms with Crippen molar-refractivity contribution in [3.05, 3.63) is 53.3 Å². The van der Waals surface area contributed by atoms with Crippen molar-refractivity contribution in [3.63, 3.8) is 0 Å². The minimum atomic E-state index is -4.74. The highest BCUT2D eigenvalue weighted by atomic mass is 19.4. The average Bonchev–Trinajstić information content (AvgIpc) is 2.40. The molecule has 2 aromatic rings. The topological polar surface area (TPSA) is 59.4 Å². The number of nitrogens with zero attached hydrogens (tertiary/aromatic N) is 1. The number of alkyl halides is 3. The summed E-state index contributed by atoms with van der Waals surface area (Å²) in [5.74, 6) is -1.33. The lowest BCUT2D eigenvalue weighted by atomic mass is 10.1. The van der Waals surface area contributed by atoms with Crippen molar-refractivity contribution in [1.29, 1.82) is 0 Å². The summed E-state index contributed by atoms with van der Waals surface area (Å²) >= 11 is 0. The minimum absolute atomic E-state index is 0.00324. The van der Waals surface area contributed by atoms with Gasteiger partial charge < -0.3 is 9.84 Å². The van der Waals surface area contributed by atoms with Crippen LogP contribution in [-0.4, -0.2) is 16.1 Å². The normalized spacial score (nSPS) is 11.2. The molecule has 0 saturated heterocycles. The number of aromatic nitrogens is 1. The Morgan fingerprint density at radius 3 is 2.57 bits per heavy atom. The third kappa shape index (κ3) is 3.31. The lowest BCUT2D eigenvalue weighted by molar-refractivity contribution is -0.138. The van der Waals surface area contributed by atoms with Crippen LogP contribution in [0.25, 0.3) is 0 Å². The standard InChI is InChI=1S/C14H10F3NO3/c1-8-12(3-2-6-18-8)21-9-4-5-11(14(15,16)17)10(7-9)13(19)20/h2-7H,1H3,(H,19,20). The molecule has 0 unspecified atom stereocenters. The number of aromatic carboxylic acids is 1. The third-order valence-electron chi connectivity index (χ3n) is 2.71. The van der Waals surface area contributed by atoms with E-state index >= 15 is 0 Å². The van der Waals surface area contributed by atoms with Crippen LogP contribution in [0.5, 0.6) is 11.5 Å². The Hall–Kier alpha value is -2.57. The summed E-state index contributed by atoms with van der Waals surface area (Å²) < 4.78 is 43.5. The second-order valence-corrected chi connectivity index (χ2v) is 4.20. The van der Waals surface area contributed by atoms with Gasteiger partial charge in [-0.1, -0.05) is 0 Å². The minimum Gasteiger partial charge on any atom is -0.478 e. The van der Waals surface area contributed by atoms with E-state index in [2.05, 4.69) is 4.98 Å². The summed E-state index contributed by atoms with van der Waals surface area (Å²) in [5, 5.41) is 8.91. The highest BCUT2D eigenvalue weighted by Crippen LogP contribution is 2.35. The van der Waals surface area contributed by atoms with Crippen LogP contribution >= 0.6 is 0 Å². The molecule has 1 aromatic heterocycles. The second kappa shape index (κ2) is 5.43. The number of pyridine rings is 1. The maximum atomic E-state index is 12.7. The molecule has 1 N–H and O–H groups in total. The Morgan fingerprint density at radius 1 is 1.29 bits per heavy atom. The molecule has 2 rings (SSSR count). The first-order valence-electron chi connectivity index (χ1n) is 5.83. The molecule has 0 bridgehead atoms. The molecule has 0 aliphatic heterocycles. The quantitative estimate of drug-likeness (QED) is 0.933. The number of benzene rings is 1. The summed E-state index contributed by atoms with van der Waals surface area (Å²) in [4.78, 5) is 14.9. The predicted molar refractivity (Wildman–Crippen MR) is 67.5 cm³/mol. The van der Waals surface area contributed by atoms with E-state index in [1.54, 1.807) is 19.1 Å². The van der Waals surface area contributed by atoms with E-state index in [0.717, 1.165) is 12.1 Å². The average molecular weight is 297 g/mol. The van der Waals surface area contributed by atoms with Gasteiger partial charge in [-0.15, -0.1) is 0 Å². The van der Waals surface area contributed by atoms with Gasteiger partial charge in [-0.2, -0.15) is 13.2 Å². The molecule has 0 saturated carbocycles. The van der Waals surface area contributed by atoms with Gasteiger partial charge in [-0.25, -0.2) is 4.79 Å². The van der Waals surface area contributed by atoms with Gasteiger partial charge in [0.1, 0.15) is 11.5 Å². The van der Waals surface area contributed by atoms with Crippen LogP contribution in [0.1, 0.15) is 21.6 Å². The fourth-order valence-corrected chi connectivity index (χ4v) is 1.72. The lowest BCUT2D eigenvalue weighted by Gasteiger charge is -2.13. The Bertz CT molecular complexity index is 683. The molecule has 4 nitrogen and oxygen atoms in total. The smallest absolute Gasteiger partial charge is 0.417 e. The van der Waals surface area contributed by atoms with Crippen LogP contribution in [0.15, 0.2) is 36.5 Å². The zero-order valence-electron chi connectivity index (χ0n) is 10.8. The fourth-order valence-electron chi connectivity index (χ4n) is 1.72. The van der Waals surface area contributed by atoms with Crippen molar-refractivity contribution < 1.29 is 27.8 Å². The summed E-state index contributed by atoms with van der Waals surface area (Å²) in [6, 6.07) is 5.79. The molecule has 0 atom stereocenters. The largest absolute Gasteiger partial charge is 0.478 e. The Balaban J connectivity index is 2.42. The van der Waals surface area contributed by atoms with E-state index in [4.69, 9.17) is 9.84 Å². The van der Waals surface area contributed by atoms with Crippen LogP contribution in [0.3, 0.4) is 0 Å². The van der Waals surface area contributed by atoms with Crippen molar-refractivity contribution in [3.8, 4) is 11.5 Å². The fraction of sp³-hybridized carbons (Fsp3) is 0.143. The zero-order chi connectivity index (χ0) is 15.6. The molecule has 1 aromatic carbocycles. The SMILES string of the molecule is Cc1ncccc1Oc1ccc(C(F)(F)F)c(C(=O)O)c1. The van der Waals surface area contributed by atoms with Crippen molar-refractivity contribution in [2.75, 3.05) is 0 Å². The molecule has 1 heterocycles. The first-order valence-corrected chi connectivity index (χ1v) is 5.83. The molecule has 7 heteroatoms. The Morgan fingerprint density at radius 2 is 2.00 bits per heavy atom. The highest BCUT2D eigenvalue weighted by Gasteiger charge is 2.35. The van der Waals surface area contributed by atoms with Crippen LogP contribution in [0.4, 0.5) is 13.2 Å². The summed E-state index contributed by atoms with van der Waals surface area (Å²) in [6.45, 7) is 1.66. The first-order chi connectivity index (χ1) is 9.79. The number of halogens is 3. The van der Waals surface area contributed by atoms with Crippen LogP contribution in [0, 0.1) is 6.92 Å². The summed E-state index contributed by atoms with van der Waals surface area (Å²) in [6.07, 6.45) is -3.20. The van der Waals surface area contributed by atoms with Crippen molar-refractivity contribution in [2.45, 2.75) is 13.1 Å². The molecule has 0 aliphatic rings. The van der Waals surface area contributed by atoms with E-state index in [1.807, 2.05) is 0 Å². The van der Waals surface area contributed by atoms with Gasteiger partial charge in [0.05, 0.1) is 16.8 Å². The number of carboxylic acid groups (broad SMARTS) is 1. The van der Waals surface area contributed by atoms with Gasteiger partial charge in [0.15, 0.2) is 0 Å². The van der Waals surface area contributed by atoms with Crippen LogP contribution in [-0.2, 0) is 6.18 Å². The Kier molecular flexibility index (Phi) is 3.84. The van der Waals surface area contributed by atoms with Gasteiger partial charge in [0.25, 0.3) is 0 Å². The van der Waals surface area contributed by atoms with Gasteiger partial charge in [0.2, 0.25) is 0 Å². The maximum Gasteiger partial charge on any atom is 0.417 e. The highest BCUT2D eigenvalue weighted by molar-refractivity contribution is 5.90. The number of rotatable bonds is 3. The van der Waals surface area contributed by atoms with E-state index in [1.165, 1.54) is 6.20 Å². The molecular formula is C14H10F3NO3. The van der Waals surface area contributed by atoms with Gasteiger partial charge in [0, 0.05) is 6.20 Å². The number of ether oxygens (including phenoxy) is 1. The molecule has 0 spiro atoms. The zero-order valence-corrected chi connectivity index (χ0v) is 10.8. The monoisotopic (exact) mass is 297 g/mol. The molecule has 0 aliphatic carbocycles. The number of carbonyl (C=O) groups is 1. The molecular weight excluding hydrogens is 287 g/mol. The van der Waals surface area contributed by atoms with Gasteiger partial charge in [-0.3, -0.25) is 4.98 Å². The van der Waals surface area contributed by atoms with Crippen LogP contribution in [0.2, 0.25) is 0 Å². The number of carboxylic acids is 1. The molecule has 110 valence electrons. The molecule has 0 amide bonds. The van der Waals surface area contributed by atoms with Crippen molar-refractivity contribution in [1.82, 2.24) is 4.98 Å². The van der Waals surface area contributed by atoms with E-state index in [-0.39, 0.29) is 5.75 Å². The summed E-state index contributed by atoms with van der Waals surface area (Å²) in [5.41, 5.74) is -1.54. The maximum absolute atomic E-state index is 12.7. The molecule has 0 fully saturated rings. The third-order valence-corrected chi connectivity index (χ3v) is 2.71. The number of aryl methyl sites for hydroxylation is 1. The Labute approximate surface area is 117 Å². The van der Waals surface area contributed by atoms with E-state index in [9.17, 15) is 18.0 Å². The molecule has 0 radical (unpaired) electrons. The van der Waals surface area contributed by atoms with Gasteiger partial charge >= 0.3 is 12.1 Å². The first kappa shape index (κ1) is 14.8. The lowest BCUT2D eigenvalue weighted by Crippen LogP contribution is -2.12. The summed E-state index contributed by atoms with van der Waals surface area (Å²) in [7, 11) is 0.